The number of aromatic nitrogens is 3. The van der Waals surface area contributed by atoms with Crippen LogP contribution in [0.5, 0.6) is 5.75 Å². The van der Waals surface area contributed by atoms with Gasteiger partial charge in [0.1, 0.15) is 17.3 Å². The van der Waals surface area contributed by atoms with Gasteiger partial charge in [0.2, 0.25) is 5.91 Å². The summed E-state index contributed by atoms with van der Waals surface area (Å²) in [6.07, 6.45) is 0. The van der Waals surface area contributed by atoms with Crippen molar-refractivity contribution in [2.75, 3.05) is 5.32 Å². The summed E-state index contributed by atoms with van der Waals surface area (Å²) >= 11 is 0. The van der Waals surface area contributed by atoms with E-state index in [1.54, 1.807) is 24.3 Å². The number of para-hydroxylation sites is 3. The summed E-state index contributed by atoms with van der Waals surface area (Å²) in [7, 11) is 0. The Labute approximate surface area is 166 Å². The first-order valence-corrected chi connectivity index (χ1v) is 9.37. The van der Waals surface area contributed by atoms with Gasteiger partial charge in [-0.1, -0.05) is 30.3 Å². The van der Waals surface area contributed by atoms with E-state index in [1.807, 2.05) is 60.0 Å². The predicted octanol–water partition coefficient (Wildman–Crippen LogP) is 4.64. The van der Waals surface area contributed by atoms with Gasteiger partial charge in [-0.3, -0.25) is 4.79 Å². The van der Waals surface area contributed by atoms with Gasteiger partial charge in [0.25, 0.3) is 0 Å². The third-order valence-electron chi connectivity index (χ3n) is 5.10. The van der Waals surface area contributed by atoms with Gasteiger partial charge in [-0.05, 0) is 49.4 Å². The lowest BCUT2D eigenvalue weighted by Crippen LogP contribution is -2.23. The van der Waals surface area contributed by atoms with Crippen LogP contribution in [0.4, 0.5) is 5.69 Å². The monoisotopic (exact) mass is 382 g/mol. The lowest BCUT2D eigenvalue weighted by Gasteiger charge is -2.16. The molecule has 29 heavy (non-hydrogen) atoms. The molecule has 2 heterocycles. The minimum Gasteiger partial charge on any atom is -0.508 e. The Kier molecular flexibility index (Phi) is 3.91. The van der Waals surface area contributed by atoms with Crippen molar-refractivity contribution in [1.29, 1.82) is 0 Å². The summed E-state index contributed by atoms with van der Waals surface area (Å²) < 4.78 is 1.93. The van der Waals surface area contributed by atoms with Gasteiger partial charge in [0.15, 0.2) is 5.65 Å². The van der Waals surface area contributed by atoms with Crippen molar-refractivity contribution < 1.29 is 9.90 Å². The molecule has 0 radical (unpaired) electrons. The highest BCUT2D eigenvalue weighted by Gasteiger charge is 2.22. The molecule has 0 saturated carbocycles. The van der Waals surface area contributed by atoms with Crippen molar-refractivity contribution >= 4 is 44.7 Å². The highest BCUT2D eigenvalue weighted by Crippen LogP contribution is 2.31. The number of fused-ring (bicyclic) bond motifs is 4. The normalized spacial score (nSPS) is 12.4. The van der Waals surface area contributed by atoms with E-state index < -0.39 is 6.04 Å². The van der Waals surface area contributed by atoms with Crippen molar-refractivity contribution in [3.05, 3.63) is 72.8 Å². The van der Waals surface area contributed by atoms with Crippen LogP contribution in [0, 0.1) is 0 Å². The molecule has 1 unspecified atom stereocenters. The van der Waals surface area contributed by atoms with Crippen LogP contribution < -0.4 is 5.32 Å². The second kappa shape index (κ2) is 6.60. The minimum absolute atomic E-state index is 0.153. The number of nitrogens with one attached hydrogen (secondary N) is 1. The average Bonchev–Trinajstić information content (AvgIpc) is 3.06. The second-order valence-corrected chi connectivity index (χ2v) is 6.98. The topological polar surface area (TPSA) is 80.0 Å². The van der Waals surface area contributed by atoms with Crippen molar-refractivity contribution in [1.82, 2.24) is 14.5 Å². The maximum atomic E-state index is 13.0. The zero-order valence-electron chi connectivity index (χ0n) is 15.7. The van der Waals surface area contributed by atoms with Crippen LogP contribution in [0.1, 0.15) is 13.0 Å². The Hall–Kier alpha value is -3.93. The van der Waals surface area contributed by atoms with Crippen LogP contribution in [0.2, 0.25) is 0 Å². The molecular formula is C23H18N4O2. The van der Waals surface area contributed by atoms with Crippen molar-refractivity contribution in [2.24, 2.45) is 0 Å². The zero-order valence-corrected chi connectivity index (χ0v) is 15.7. The number of phenolic OH excluding ortho intramolecular Hbond substituents is 1. The van der Waals surface area contributed by atoms with E-state index in [0.717, 1.165) is 27.5 Å². The lowest BCUT2D eigenvalue weighted by molar-refractivity contribution is -0.118. The van der Waals surface area contributed by atoms with E-state index in [4.69, 9.17) is 9.97 Å². The van der Waals surface area contributed by atoms with Crippen LogP contribution in [0.25, 0.3) is 33.1 Å². The number of hydrogen-bond acceptors (Lipinski definition) is 4. The van der Waals surface area contributed by atoms with Gasteiger partial charge < -0.3 is 15.0 Å². The highest BCUT2D eigenvalue weighted by molar-refractivity contribution is 6.08. The number of hydrogen-bond donors (Lipinski definition) is 2. The fourth-order valence-electron chi connectivity index (χ4n) is 3.64. The van der Waals surface area contributed by atoms with E-state index in [9.17, 15) is 9.90 Å². The number of phenols is 1. The molecule has 1 atom stereocenters. The summed E-state index contributed by atoms with van der Waals surface area (Å²) in [5.41, 5.74) is 4.60. The van der Waals surface area contributed by atoms with E-state index in [1.165, 1.54) is 0 Å². The van der Waals surface area contributed by atoms with Gasteiger partial charge in [-0.25, -0.2) is 9.97 Å². The fraction of sp³-hybridized carbons (Fsp3) is 0.0870. The second-order valence-electron chi connectivity index (χ2n) is 6.98. The number of anilines is 1. The smallest absolute Gasteiger partial charge is 0.247 e. The predicted molar refractivity (Wildman–Crippen MR) is 114 cm³/mol. The first-order valence-electron chi connectivity index (χ1n) is 9.37. The maximum Gasteiger partial charge on any atom is 0.247 e. The summed E-state index contributed by atoms with van der Waals surface area (Å²) in [6, 6.07) is 21.5. The van der Waals surface area contributed by atoms with Crippen molar-refractivity contribution in [3.8, 4) is 5.75 Å². The summed E-state index contributed by atoms with van der Waals surface area (Å²) in [4.78, 5) is 22.6. The molecule has 0 spiro atoms. The van der Waals surface area contributed by atoms with Crippen LogP contribution >= 0.6 is 0 Å². The van der Waals surface area contributed by atoms with E-state index >= 15 is 0 Å². The van der Waals surface area contributed by atoms with Crippen molar-refractivity contribution in [3.63, 3.8) is 0 Å². The van der Waals surface area contributed by atoms with Gasteiger partial charge in [-0.15, -0.1) is 0 Å². The molecule has 2 N–H and O–H groups in total. The quantitative estimate of drug-likeness (QED) is 0.445. The van der Waals surface area contributed by atoms with Gasteiger partial charge >= 0.3 is 0 Å². The average molecular weight is 382 g/mol. The zero-order chi connectivity index (χ0) is 20.0. The molecule has 5 rings (SSSR count). The Morgan fingerprint density at radius 2 is 1.59 bits per heavy atom. The molecule has 0 aliphatic heterocycles. The first kappa shape index (κ1) is 17.2. The lowest BCUT2D eigenvalue weighted by atomic mass is 10.2. The Morgan fingerprint density at radius 3 is 2.34 bits per heavy atom. The van der Waals surface area contributed by atoms with Crippen LogP contribution in [0.3, 0.4) is 0 Å². The molecule has 5 aromatic rings. The SMILES string of the molecule is CC(C(=O)Nc1ccc(O)cc1)n1c2ccccc2c2nc3ccccc3nc21. The number of nitrogens with zero attached hydrogens (tertiary/aromatic N) is 3. The number of rotatable bonds is 3. The summed E-state index contributed by atoms with van der Waals surface area (Å²) in [5, 5.41) is 13.3. The number of aromatic hydroxyl groups is 1. The molecule has 0 fully saturated rings. The molecule has 0 saturated heterocycles. The van der Waals surface area contributed by atoms with E-state index in [0.29, 0.717) is 11.3 Å². The van der Waals surface area contributed by atoms with Gasteiger partial charge in [0, 0.05) is 11.1 Å². The first-order chi connectivity index (χ1) is 14.1. The largest absolute Gasteiger partial charge is 0.508 e. The number of carbonyl (C=O) groups is 1. The molecule has 0 bridgehead atoms. The third kappa shape index (κ3) is 2.86. The Balaban J connectivity index is 1.66. The highest BCUT2D eigenvalue weighted by atomic mass is 16.3. The van der Waals surface area contributed by atoms with Crippen LogP contribution in [0.15, 0.2) is 72.8 Å². The Bertz CT molecular complexity index is 1370. The van der Waals surface area contributed by atoms with Gasteiger partial charge in [0.05, 0.1) is 16.6 Å². The molecule has 2 aromatic heterocycles. The van der Waals surface area contributed by atoms with E-state index in [-0.39, 0.29) is 11.7 Å². The molecule has 6 heteroatoms. The van der Waals surface area contributed by atoms with Crippen LogP contribution in [-0.2, 0) is 4.79 Å². The molecule has 142 valence electrons. The maximum absolute atomic E-state index is 13.0. The van der Waals surface area contributed by atoms with E-state index in [2.05, 4.69) is 5.32 Å². The summed E-state index contributed by atoms with van der Waals surface area (Å²) in [5.74, 6) is -0.0195. The van der Waals surface area contributed by atoms with Crippen LogP contribution in [-0.4, -0.2) is 25.5 Å². The fourth-order valence-corrected chi connectivity index (χ4v) is 3.64. The molecule has 0 aliphatic carbocycles. The van der Waals surface area contributed by atoms with Gasteiger partial charge in [-0.2, -0.15) is 0 Å². The number of benzene rings is 3. The molecular weight excluding hydrogens is 364 g/mol. The molecule has 1 amide bonds. The summed E-state index contributed by atoms with van der Waals surface area (Å²) in [6.45, 7) is 1.85. The standard InChI is InChI=1S/C23H18N4O2/c1-14(23(29)24-15-10-12-16(28)13-11-15)27-20-9-5-2-6-17(20)21-22(27)26-19-8-4-3-7-18(19)25-21/h2-14,28H,1H3,(H,24,29). The number of carbonyl (C=O) groups excluding carboxylic acids is 1. The number of amides is 1. The minimum atomic E-state index is -0.512. The molecule has 0 aliphatic rings. The van der Waals surface area contributed by atoms with Crippen molar-refractivity contribution in [2.45, 2.75) is 13.0 Å². The molecule has 6 nitrogen and oxygen atoms in total. The molecule has 3 aromatic carbocycles. The Morgan fingerprint density at radius 1 is 0.931 bits per heavy atom. The third-order valence-corrected chi connectivity index (χ3v) is 5.10.